The first kappa shape index (κ1) is 15.0. The molecule has 0 heterocycles. The number of nitrogens with one attached hydrogen (secondary N) is 1. The van der Waals surface area contributed by atoms with Crippen molar-refractivity contribution >= 4 is 43.5 Å². The fourth-order valence-electron chi connectivity index (χ4n) is 1.68. The summed E-state index contributed by atoms with van der Waals surface area (Å²) in [7, 11) is 0. The molecular formula is C14H10Br2FNO2. The van der Waals surface area contributed by atoms with E-state index in [4.69, 9.17) is 5.11 Å². The summed E-state index contributed by atoms with van der Waals surface area (Å²) in [6.45, 7) is 0.428. The summed E-state index contributed by atoms with van der Waals surface area (Å²) in [6, 6.07) is 10.4. The van der Waals surface area contributed by atoms with Crippen LogP contribution in [0.1, 0.15) is 15.9 Å². The van der Waals surface area contributed by atoms with Gasteiger partial charge in [0.05, 0.1) is 15.7 Å². The number of carboxylic acid groups (broad SMARTS) is 1. The SMILES string of the molecule is O=C(O)c1ccc(NCc2ccccc2Br)c(F)c1Br. The van der Waals surface area contributed by atoms with Gasteiger partial charge in [0.2, 0.25) is 0 Å². The molecule has 104 valence electrons. The van der Waals surface area contributed by atoms with Crippen molar-refractivity contribution in [3.8, 4) is 0 Å². The average molecular weight is 403 g/mol. The Hall–Kier alpha value is -1.40. The maximum Gasteiger partial charge on any atom is 0.336 e. The van der Waals surface area contributed by atoms with Crippen LogP contribution in [0.4, 0.5) is 10.1 Å². The van der Waals surface area contributed by atoms with Crippen LogP contribution in [-0.2, 0) is 6.54 Å². The number of rotatable bonds is 4. The van der Waals surface area contributed by atoms with E-state index in [0.29, 0.717) is 6.54 Å². The number of hydrogen-bond acceptors (Lipinski definition) is 2. The minimum absolute atomic E-state index is 0.0536. The van der Waals surface area contributed by atoms with Gasteiger partial charge in [0.25, 0.3) is 0 Å². The van der Waals surface area contributed by atoms with Gasteiger partial charge >= 0.3 is 5.97 Å². The zero-order valence-electron chi connectivity index (χ0n) is 10.2. The Labute approximate surface area is 132 Å². The van der Waals surface area contributed by atoms with Crippen molar-refractivity contribution in [2.75, 3.05) is 5.32 Å². The van der Waals surface area contributed by atoms with Gasteiger partial charge in [-0.05, 0) is 39.7 Å². The highest BCUT2D eigenvalue weighted by Crippen LogP contribution is 2.28. The van der Waals surface area contributed by atoms with E-state index in [1.807, 2.05) is 24.3 Å². The Morgan fingerprint density at radius 2 is 1.90 bits per heavy atom. The number of anilines is 1. The molecule has 0 unspecified atom stereocenters. The number of hydrogen-bond donors (Lipinski definition) is 2. The van der Waals surface area contributed by atoms with Crippen LogP contribution in [0.2, 0.25) is 0 Å². The first-order valence-corrected chi connectivity index (χ1v) is 7.28. The maximum atomic E-state index is 14.0. The van der Waals surface area contributed by atoms with E-state index in [0.717, 1.165) is 10.0 Å². The Balaban J connectivity index is 2.21. The largest absolute Gasteiger partial charge is 0.478 e. The summed E-state index contributed by atoms with van der Waals surface area (Å²) in [5.41, 5.74) is 1.12. The smallest absolute Gasteiger partial charge is 0.336 e. The van der Waals surface area contributed by atoms with Crippen molar-refractivity contribution in [3.63, 3.8) is 0 Å². The van der Waals surface area contributed by atoms with Gasteiger partial charge in [-0.2, -0.15) is 0 Å². The van der Waals surface area contributed by atoms with Gasteiger partial charge in [-0.25, -0.2) is 9.18 Å². The molecule has 2 rings (SSSR count). The Bertz CT molecular complexity index is 662. The first-order chi connectivity index (χ1) is 9.50. The first-order valence-electron chi connectivity index (χ1n) is 5.69. The molecule has 2 aromatic carbocycles. The third kappa shape index (κ3) is 3.19. The summed E-state index contributed by atoms with van der Waals surface area (Å²) in [6.07, 6.45) is 0. The maximum absolute atomic E-state index is 14.0. The topological polar surface area (TPSA) is 49.3 Å². The van der Waals surface area contributed by atoms with Gasteiger partial charge < -0.3 is 10.4 Å². The van der Waals surface area contributed by atoms with E-state index in [-0.39, 0.29) is 15.7 Å². The molecular weight excluding hydrogens is 393 g/mol. The van der Waals surface area contributed by atoms with Crippen molar-refractivity contribution < 1.29 is 14.3 Å². The predicted octanol–water partition coefficient (Wildman–Crippen LogP) is 4.66. The lowest BCUT2D eigenvalue weighted by atomic mass is 10.2. The van der Waals surface area contributed by atoms with Crippen molar-refractivity contribution in [3.05, 3.63) is 62.3 Å². The second kappa shape index (κ2) is 6.37. The molecule has 0 radical (unpaired) electrons. The van der Waals surface area contributed by atoms with E-state index in [1.165, 1.54) is 12.1 Å². The van der Waals surface area contributed by atoms with E-state index in [9.17, 15) is 9.18 Å². The normalized spacial score (nSPS) is 10.3. The van der Waals surface area contributed by atoms with Gasteiger partial charge in [-0.15, -0.1) is 0 Å². The van der Waals surface area contributed by atoms with Crippen LogP contribution in [-0.4, -0.2) is 11.1 Å². The minimum Gasteiger partial charge on any atom is -0.478 e. The molecule has 0 saturated heterocycles. The van der Waals surface area contributed by atoms with Crippen LogP contribution in [0.5, 0.6) is 0 Å². The summed E-state index contributed by atoms with van der Waals surface area (Å²) in [5.74, 6) is -1.79. The van der Waals surface area contributed by atoms with E-state index < -0.39 is 11.8 Å². The second-order valence-corrected chi connectivity index (χ2v) is 5.69. The lowest BCUT2D eigenvalue weighted by molar-refractivity contribution is 0.0695. The number of carboxylic acids is 1. The predicted molar refractivity (Wildman–Crippen MR) is 82.5 cm³/mol. The van der Waals surface area contributed by atoms with Crippen LogP contribution in [0.25, 0.3) is 0 Å². The molecule has 0 amide bonds. The molecule has 0 aliphatic rings. The summed E-state index contributed by atoms with van der Waals surface area (Å²) >= 11 is 6.38. The lowest BCUT2D eigenvalue weighted by Crippen LogP contribution is -2.05. The van der Waals surface area contributed by atoms with Gasteiger partial charge in [0, 0.05) is 11.0 Å². The molecule has 0 aliphatic carbocycles. The van der Waals surface area contributed by atoms with Crippen LogP contribution < -0.4 is 5.32 Å². The third-order valence-corrected chi connectivity index (χ3v) is 4.29. The van der Waals surface area contributed by atoms with Crippen LogP contribution in [0.15, 0.2) is 45.3 Å². The number of aromatic carboxylic acids is 1. The highest BCUT2D eigenvalue weighted by molar-refractivity contribution is 9.10. The standard InChI is InChI=1S/C14H10Br2FNO2/c15-10-4-2-1-3-8(10)7-18-11-6-5-9(14(19)20)12(16)13(11)17/h1-6,18H,7H2,(H,19,20). The number of halogens is 3. The number of benzene rings is 2. The summed E-state index contributed by atoms with van der Waals surface area (Å²) in [5, 5.41) is 11.9. The molecule has 0 bridgehead atoms. The molecule has 0 spiro atoms. The van der Waals surface area contributed by atoms with Gasteiger partial charge in [-0.1, -0.05) is 34.1 Å². The molecule has 0 fully saturated rings. The Morgan fingerprint density at radius 3 is 2.55 bits per heavy atom. The molecule has 20 heavy (non-hydrogen) atoms. The molecule has 3 nitrogen and oxygen atoms in total. The fourth-order valence-corrected chi connectivity index (χ4v) is 2.62. The second-order valence-electron chi connectivity index (χ2n) is 4.04. The van der Waals surface area contributed by atoms with Crippen molar-refractivity contribution in [1.29, 1.82) is 0 Å². The van der Waals surface area contributed by atoms with E-state index >= 15 is 0 Å². The van der Waals surface area contributed by atoms with E-state index in [1.54, 1.807) is 0 Å². The molecule has 2 N–H and O–H groups in total. The van der Waals surface area contributed by atoms with Gasteiger partial charge in [-0.3, -0.25) is 0 Å². The minimum atomic E-state index is -1.17. The Morgan fingerprint density at radius 1 is 1.20 bits per heavy atom. The van der Waals surface area contributed by atoms with Crippen molar-refractivity contribution in [2.45, 2.75) is 6.54 Å². The molecule has 0 saturated carbocycles. The third-order valence-electron chi connectivity index (χ3n) is 2.74. The monoisotopic (exact) mass is 401 g/mol. The fraction of sp³-hybridized carbons (Fsp3) is 0.0714. The Kier molecular flexibility index (Phi) is 4.77. The molecule has 0 aliphatic heterocycles. The zero-order chi connectivity index (χ0) is 14.7. The molecule has 0 aromatic heterocycles. The van der Waals surface area contributed by atoms with E-state index in [2.05, 4.69) is 37.2 Å². The van der Waals surface area contributed by atoms with Gasteiger partial charge in [0.1, 0.15) is 0 Å². The number of carbonyl (C=O) groups is 1. The average Bonchev–Trinajstić information content (AvgIpc) is 2.41. The van der Waals surface area contributed by atoms with Crippen molar-refractivity contribution in [2.24, 2.45) is 0 Å². The quantitative estimate of drug-likeness (QED) is 0.781. The zero-order valence-corrected chi connectivity index (χ0v) is 13.3. The van der Waals surface area contributed by atoms with Gasteiger partial charge in [0.15, 0.2) is 5.82 Å². The molecule has 0 atom stereocenters. The lowest BCUT2D eigenvalue weighted by Gasteiger charge is -2.11. The molecule has 2 aromatic rings. The van der Waals surface area contributed by atoms with Crippen LogP contribution >= 0.6 is 31.9 Å². The summed E-state index contributed by atoms with van der Waals surface area (Å²) < 4.78 is 14.9. The highest BCUT2D eigenvalue weighted by Gasteiger charge is 2.15. The highest BCUT2D eigenvalue weighted by atomic mass is 79.9. The van der Waals surface area contributed by atoms with Crippen molar-refractivity contribution in [1.82, 2.24) is 0 Å². The van der Waals surface area contributed by atoms with Crippen LogP contribution in [0, 0.1) is 5.82 Å². The van der Waals surface area contributed by atoms with Crippen LogP contribution in [0.3, 0.4) is 0 Å². The summed E-state index contributed by atoms with van der Waals surface area (Å²) in [4.78, 5) is 10.9. The molecule has 6 heteroatoms.